The van der Waals surface area contributed by atoms with Crippen LogP contribution in [-0.2, 0) is 9.53 Å². The van der Waals surface area contributed by atoms with Gasteiger partial charge in [0, 0.05) is 52.8 Å². The predicted octanol–water partition coefficient (Wildman–Crippen LogP) is 4.26. The molecule has 0 unspecified atom stereocenters. The molecule has 0 spiro atoms. The number of amides is 1. The van der Waals surface area contributed by atoms with E-state index in [0.29, 0.717) is 5.69 Å². The van der Waals surface area contributed by atoms with E-state index >= 15 is 0 Å². The molecule has 2 heterocycles. The fraction of sp³-hybridized carbons (Fsp3) is 0.360. The molecule has 1 saturated heterocycles. The van der Waals surface area contributed by atoms with Crippen LogP contribution in [0.3, 0.4) is 0 Å². The number of ether oxygens (including phenoxy) is 2. The molecular weight excluding hydrogens is 500 g/mol. The standard InChI is InChI=1S/C25H29BrN4O4/c1-15-14-29(10-11-30(15)18-6-5-7-19(13-18)33-3)16(2)24(31)28-22-20-12-17(26)8-9-21(20)27-23(22)25(32)34-4/h5-9,12-13,15-16,27H,10-11,14H2,1-4H3,(H,28,31)/t15-,16+/m1/s1. The molecule has 2 atom stereocenters. The SMILES string of the molecule is COC(=O)c1[nH]c2ccc(Br)cc2c1NC(=O)[C@H](C)N1CCN(c2cccc(OC)c2)[C@H](C)C1. The number of methoxy groups -OCH3 is 2. The average molecular weight is 529 g/mol. The van der Waals surface area contributed by atoms with Gasteiger partial charge in [0.1, 0.15) is 11.4 Å². The number of piperazine rings is 1. The zero-order valence-electron chi connectivity index (χ0n) is 19.7. The van der Waals surface area contributed by atoms with Crippen LogP contribution in [0.2, 0.25) is 0 Å². The maximum Gasteiger partial charge on any atom is 0.356 e. The first-order valence-corrected chi connectivity index (χ1v) is 12.0. The number of anilines is 2. The summed E-state index contributed by atoms with van der Waals surface area (Å²) in [4.78, 5) is 33.2. The van der Waals surface area contributed by atoms with Crippen molar-refractivity contribution >= 4 is 50.1 Å². The van der Waals surface area contributed by atoms with Crippen molar-refractivity contribution in [1.82, 2.24) is 9.88 Å². The summed E-state index contributed by atoms with van der Waals surface area (Å²) >= 11 is 3.46. The molecular formula is C25H29BrN4O4. The second kappa shape index (κ2) is 10.1. The molecule has 1 amide bonds. The number of benzene rings is 2. The second-order valence-electron chi connectivity index (χ2n) is 8.46. The molecule has 2 N–H and O–H groups in total. The highest BCUT2D eigenvalue weighted by molar-refractivity contribution is 9.10. The van der Waals surface area contributed by atoms with E-state index in [-0.39, 0.29) is 23.7 Å². The number of aromatic nitrogens is 1. The zero-order valence-corrected chi connectivity index (χ0v) is 21.3. The number of hydrogen-bond acceptors (Lipinski definition) is 6. The summed E-state index contributed by atoms with van der Waals surface area (Å²) in [7, 11) is 2.99. The summed E-state index contributed by atoms with van der Waals surface area (Å²) in [6.07, 6.45) is 0. The second-order valence-corrected chi connectivity index (χ2v) is 9.38. The average Bonchev–Trinajstić information content (AvgIpc) is 3.20. The van der Waals surface area contributed by atoms with Gasteiger partial charge in [-0.25, -0.2) is 4.79 Å². The van der Waals surface area contributed by atoms with Crippen LogP contribution in [0, 0.1) is 0 Å². The number of carbonyl (C=O) groups is 2. The third-order valence-electron chi connectivity index (χ3n) is 6.37. The number of rotatable bonds is 6. The number of nitrogens with zero attached hydrogens (tertiary/aromatic N) is 2. The smallest absolute Gasteiger partial charge is 0.356 e. The van der Waals surface area contributed by atoms with Gasteiger partial charge in [0.15, 0.2) is 0 Å². The zero-order chi connectivity index (χ0) is 24.4. The highest BCUT2D eigenvalue weighted by Gasteiger charge is 2.31. The van der Waals surface area contributed by atoms with Crippen molar-refractivity contribution in [3.05, 3.63) is 52.6 Å². The molecule has 1 aromatic heterocycles. The number of hydrogen-bond donors (Lipinski definition) is 2. The van der Waals surface area contributed by atoms with Crippen molar-refractivity contribution in [2.24, 2.45) is 0 Å². The predicted molar refractivity (Wildman–Crippen MR) is 137 cm³/mol. The highest BCUT2D eigenvalue weighted by Crippen LogP contribution is 2.31. The van der Waals surface area contributed by atoms with Gasteiger partial charge in [-0.1, -0.05) is 22.0 Å². The van der Waals surface area contributed by atoms with E-state index in [9.17, 15) is 9.59 Å². The summed E-state index contributed by atoms with van der Waals surface area (Å²) in [6, 6.07) is 13.5. The monoisotopic (exact) mass is 528 g/mol. The Labute approximate surface area is 207 Å². The Balaban J connectivity index is 1.50. The first-order chi connectivity index (χ1) is 16.3. The molecule has 180 valence electrons. The first-order valence-electron chi connectivity index (χ1n) is 11.2. The Morgan fingerprint density at radius 3 is 2.68 bits per heavy atom. The molecule has 9 heteroatoms. The molecule has 3 aromatic rings. The molecule has 8 nitrogen and oxygen atoms in total. The number of nitrogens with one attached hydrogen (secondary N) is 2. The fourth-order valence-electron chi connectivity index (χ4n) is 4.45. The molecule has 0 saturated carbocycles. The third-order valence-corrected chi connectivity index (χ3v) is 6.86. The summed E-state index contributed by atoms with van der Waals surface area (Å²) in [5.41, 5.74) is 2.51. The van der Waals surface area contributed by atoms with Crippen molar-refractivity contribution in [3.63, 3.8) is 0 Å². The minimum atomic E-state index is -0.532. The minimum absolute atomic E-state index is 0.173. The van der Waals surface area contributed by atoms with Gasteiger partial charge in [-0.3, -0.25) is 9.69 Å². The van der Waals surface area contributed by atoms with Gasteiger partial charge in [-0.15, -0.1) is 0 Å². The lowest BCUT2D eigenvalue weighted by Gasteiger charge is -2.43. The molecule has 0 radical (unpaired) electrons. The Kier molecular flexibility index (Phi) is 7.13. The molecule has 0 aliphatic carbocycles. The van der Waals surface area contributed by atoms with Crippen molar-refractivity contribution in [2.75, 3.05) is 44.1 Å². The van der Waals surface area contributed by atoms with Gasteiger partial charge in [-0.2, -0.15) is 0 Å². The first kappa shape index (κ1) is 24.1. The number of halogens is 1. The molecule has 4 rings (SSSR count). The maximum absolute atomic E-state index is 13.3. The van der Waals surface area contributed by atoms with Crippen LogP contribution in [0.15, 0.2) is 46.9 Å². The van der Waals surface area contributed by atoms with Gasteiger partial charge in [0.05, 0.1) is 25.9 Å². The van der Waals surface area contributed by atoms with Crippen LogP contribution in [0.25, 0.3) is 10.9 Å². The molecule has 34 heavy (non-hydrogen) atoms. The lowest BCUT2D eigenvalue weighted by molar-refractivity contribution is -0.121. The van der Waals surface area contributed by atoms with Crippen molar-refractivity contribution in [3.8, 4) is 5.75 Å². The minimum Gasteiger partial charge on any atom is -0.497 e. The lowest BCUT2D eigenvalue weighted by Crippen LogP contribution is -2.56. The largest absolute Gasteiger partial charge is 0.497 e. The van der Waals surface area contributed by atoms with Crippen molar-refractivity contribution in [1.29, 1.82) is 0 Å². The number of carbonyl (C=O) groups excluding carboxylic acids is 2. The van der Waals surface area contributed by atoms with Crippen molar-refractivity contribution in [2.45, 2.75) is 25.9 Å². The Bertz CT molecular complexity index is 1210. The van der Waals surface area contributed by atoms with Gasteiger partial charge >= 0.3 is 5.97 Å². The van der Waals surface area contributed by atoms with E-state index in [1.807, 2.05) is 43.3 Å². The van der Waals surface area contributed by atoms with E-state index in [1.54, 1.807) is 7.11 Å². The molecule has 1 aliphatic rings. The molecule has 1 aliphatic heterocycles. The lowest BCUT2D eigenvalue weighted by atomic mass is 10.1. The molecule has 2 aromatic carbocycles. The summed E-state index contributed by atoms with van der Waals surface area (Å²) in [5.74, 6) is 0.121. The summed E-state index contributed by atoms with van der Waals surface area (Å²) < 4.78 is 11.1. The van der Waals surface area contributed by atoms with Gasteiger partial charge in [-0.05, 0) is 44.2 Å². The van der Waals surface area contributed by atoms with E-state index < -0.39 is 5.97 Å². The van der Waals surface area contributed by atoms with Crippen LogP contribution in [0.5, 0.6) is 5.75 Å². The van der Waals surface area contributed by atoms with Gasteiger partial charge < -0.3 is 24.7 Å². The topological polar surface area (TPSA) is 86.9 Å². The third kappa shape index (κ3) is 4.76. The van der Waals surface area contributed by atoms with Crippen LogP contribution in [0.4, 0.5) is 11.4 Å². The van der Waals surface area contributed by atoms with Crippen LogP contribution >= 0.6 is 15.9 Å². The molecule has 0 bridgehead atoms. The van der Waals surface area contributed by atoms with Crippen LogP contribution in [-0.4, -0.2) is 67.7 Å². The fourth-order valence-corrected chi connectivity index (χ4v) is 4.81. The quantitative estimate of drug-likeness (QED) is 0.464. The number of aromatic amines is 1. The van der Waals surface area contributed by atoms with Gasteiger partial charge in [0.2, 0.25) is 5.91 Å². The van der Waals surface area contributed by atoms with Crippen LogP contribution < -0.4 is 15.0 Å². The van der Waals surface area contributed by atoms with E-state index in [4.69, 9.17) is 9.47 Å². The summed E-state index contributed by atoms with van der Waals surface area (Å²) in [5, 5.41) is 3.72. The van der Waals surface area contributed by atoms with E-state index in [0.717, 1.165) is 46.4 Å². The molecule has 1 fully saturated rings. The Hall–Kier alpha value is -3.04. The van der Waals surface area contributed by atoms with Crippen LogP contribution in [0.1, 0.15) is 24.3 Å². The highest BCUT2D eigenvalue weighted by atomic mass is 79.9. The van der Waals surface area contributed by atoms with E-state index in [2.05, 4.69) is 49.0 Å². The van der Waals surface area contributed by atoms with Crippen molar-refractivity contribution < 1.29 is 19.1 Å². The number of H-pyrrole nitrogens is 1. The Morgan fingerprint density at radius 2 is 1.97 bits per heavy atom. The number of fused-ring (bicyclic) bond motifs is 1. The Morgan fingerprint density at radius 1 is 1.18 bits per heavy atom. The maximum atomic E-state index is 13.3. The number of esters is 1. The summed E-state index contributed by atoms with van der Waals surface area (Å²) in [6.45, 7) is 6.31. The normalized spacial score (nSPS) is 17.4. The van der Waals surface area contributed by atoms with Gasteiger partial charge in [0.25, 0.3) is 0 Å². The van der Waals surface area contributed by atoms with E-state index in [1.165, 1.54) is 7.11 Å².